The Kier molecular flexibility index (Phi) is 10.7. The minimum absolute atomic E-state index is 0.104. The summed E-state index contributed by atoms with van der Waals surface area (Å²) < 4.78 is 29.0. The Morgan fingerprint density at radius 2 is 1.51 bits per heavy atom. The monoisotopic (exact) mass is 549 g/mol. The number of amides is 2. The lowest BCUT2D eigenvalue weighted by Crippen LogP contribution is -2.53. The van der Waals surface area contributed by atoms with Crippen LogP contribution in [0.4, 0.5) is 5.69 Å². The van der Waals surface area contributed by atoms with E-state index in [1.54, 1.807) is 36.4 Å². The molecule has 0 bridgehead atoms. The van der Waals surface area contributed by atoms with Gasteiger partial charge in [-0.15, -0.1) is 0 Å². The van der Waals surface area contributed by atoms with Gasteiger partial charge in [-0.25, -0.2) is 8.42 Å². The van der Waals surface area contributed by atoms with Crippen molar-refractivity contribution in [2.75, 3.05) is 23.9 Å². The molecule has 3 rings (SSSR count). The van der Waals surface area contributed by atoms with E-state index in [2.05, 4.69) is 5.32 Å². The van der Waals surface area contributed by atoms with Crippen molar-refractivity contribution in [3.05, 3.63) is 95.6 Å². The quantitative estimate of drug-likeness (QED) is 0.329. The molecule has 0 saturated heterocycles. The van der Waals surface area contributed by atoms with Crippen LogP contribution in [0.5, 0.6) is 0 Å². The van der Waals surface area contributed by atoms with E-state index in [-0.39, 0.29) is 17.3 Å². The Labute approximate surface area is 232 Å². The van der Waals surface area contributed by atoms with Gasteiger partial charge in [0.2, 0.25) is 11.8 Å². The number of rotatable bonds is 13. The van der Waals surface area contributed by atoms with E-state index in [4.69, 9.17) is 0 Å². The van der Waals surface area contributed by atoms with E-state index in [1.165, 1.54) is 9.21 Å². The first-order valence-electron chi connectivity index (χ1n) is 13.4. The maximum atomic E-state index is 14.0. The summed E-state index contributed by atoms with van der Waals surface area (Å²) in [4.78, 5) is 28.8. The second-order valence-electron chi connectivity index (χ2n) is 9.65. The number of carbonyl (C=O) groups is 2. The van der Waals surface area contributed by atoms with Crippen LogP contribution in [0.25, 0.3) is 0 Å². The van der Waals surface area contributed by atoms with Crippen LogP contribution >= 0.6 is 0 Å². The van der Waals surface area contributed by atoms with Crippen LogP contribution in [-0.2, 0) is 26.0 Å². The van der Waals surface area contributed by atoms with Crippen molar-refractivity contribution in [2.24, 2.45) is 0 Å². The summed E-state index contributed by atoms with van der Waals surface area (Å²) >= 11 is 0. The predicted molar refractivity (Wildman–Crippen MR) is 156 cm³/mol. The van der Waals surface area contributed by atoms with Gasteiger partial charge in [-0.05, 0) is 62.4 Å². The molecule has 0 aliphatic rings. The normalized spacial score (nSPS) is 12.0. The Morgan fingerprint density at radius 3 is 2.13 bits per heavy atom. The van der Waals surface area contributed by atoms with Crippen LogP contribution in [0, 0.1) is 13.8 Å². The molecule has 1 N–H and O–H groups in total. The van der Waals surface area contributed by atoms with E-state index in [0.29, 0.717) is 25.1 Å². The minimum atomic E-state index is -4.07. The minimum Gasteiger partial charge on any atom is -0.354 e. The van der Waals surface area contributed by atoms with Gasteiger partial charge in [0, 0.05) is 13.1 Å². The van der Waals surface area contributed by atoms with Crippen molar-refractivity contribution in [3.8, 4) is 0 Å². The van der Waals surface area contributed by atoms with E-state index < -0.39 is 28.5 Å². The van der Waals surface area contributed by atoms with Gasteiger partial charge >= 0.3 is 0 Å². The molecule has 7 nitrogen and oxygen atoms in total. The number of aryl methyl sites for hydroxylation is 2. The van der Waals surface area contributed by atoms with Gasteiger partial charge in [-0.2, -0.15) is 0 Å². The number of para-hydroxylation sites is 1. The smallest absolute Gasteiger partial charge is 0.264 e. The largest absolute Gasteiger partial charge is 0.354 e. The average Bonchev–Trinajstić information content (AvgIpc) is 2.93. The highest BCUT2D eigenvalue weighted by atomic mass is 32.2. The number of hydrogen-bond acceptors (Lipinski definition) is 4. The Balaban J connectivity index is 2.01. The van der Waals surface area contributed by atoms with Crippen molar-refractivity contribution in [3.63, 3.8) is 0 Å². The second-order valence-corrected chi connectivity index (χ2v) is 11.5. The van der Waals surface area contributed by atoms with E-state index in [0.717, 1.165) is 23.1 Å². The lowest BCUT2D eigenvalue weighted by molar-refractivity contribution is -0.139. The van der Waals surface area contributed by atoms with E-state index in [9.17, 15) is 18.0 Å². The van der Waals surface area contributed by atoms with Crippen LogP contribution in [0.1, 0.15) is 43.4 Å². The zero-order valence-electron chi connectivity index (χ0n) is 23.3. The van der Waals surface area contributed by atoms with E-state index >= 15 is 0 Å². The Bertz CT molecular complexity index is 1340. The third-order valence-electron chi connectivity index (χ3n) is 6.69. The topological polar surface area (TPSA) is 86.8 Å². The van der Waals surface area contributed by atoms with Crippen molar-refractivity contribution in [2.45, 2.75) is 57.9 Å². The standard InChI is InChI=1S/C31H39N3O4S/c1-5-21-32-31(36)28(6-2)33(22-20-26-13-8-7-9-14-26)30(35)23-34(29-15-11-10-12-25(29)4)39(37,38)27-18-16-24(3)17-19-27/h7-19,28H,5-6,20-23H2,1-4H3,(H,32,36)/t28-/m0/s1. The molecular weight excluding hydrogens is 510 g/mol. The molecule has 2 amide bonds. The maximum absolute atomic E-state index is 14.0. The first-order valence-corrected chi connectivity index (χ1v) is 14.9. The first kappa shape index (κ1) is 29.9. The number of nitrogens with zero attached hydrogens (tertiary/aromatic N) is 2. The SMILES string of the molecule is CCCNC(=O)[C@H](CC)N(CCc1ccccc1)C(=O)CN(c1ccccc1C)S(=O)(=O)c1ccc(C)cc1. The van der Waals surface area contributed by atoms with Gasteiger partial charge in [0.1, 0.15) is 12.6 Å². The van der Waals surface area contributed by atoms with Crippen LogP contribution in [0.3, 0.4) is 0 Å². The van der Waals surface area contributed by atoms with Gasteiger partial charge in [0.15, 0.2) is 0 Å². The zero-order valence-corrected chi connectivity index (χ0v) is 24.1. The fourth-order valence-corrected chi connectivity index (χ4v) is 5.93. The van der Waals surface area contributed by atoms with Crippen molar-refractivity contribution in [1.82, 2.24) is 10.2 Å². The van der Waals surface area contributed by atoms with Gasteiger partial charge in [-0.3, -0.25) is 13.9 Å². The van der Waals surface area contributed by atoms with E-state index in [1.807, 2.05) is 70.2 Å². The van der Waals surface area contributed by atoms with Crippen LogP contribution in [0.15, 0.2) is 83.8 Å². The molecule has 0 saturated carbocycles. The first-order chi connectivity index (χ1) is 18.7. The molecule has 8 heteroatoms. The number of hydrogen-bond donors (Lipinski definition) is 1. The molecule has 0 unspecified atom stereocenters. The van der Waals surface area contributed by atoms with Crippen LogP contribution in [0.2, 0.25) is 0 Å². The van der Waals surface area contributed by atoms with Crippen LogP contribution < -0.4 is 9.62 Å². The van der Waals surface area contributed by atoms with Crippen molar-refractivity contribution >= 4 is 27.5 Å². The summed E-state index contributed by atoms with van der Waals surface area (Å²) in [6.07, 6.45) is 1.72. The lowest BCUT2D eigenvalue weighted by atomic mass is 10.1. The Hall–Kier alpha value is -3.65. The molecule has 3 aromatic carbocycles. The third kappa shape index (κ3) is 7.69. The van der Waals surface area contributed by atoms with Gasteiger partial charge in [0.05, 0.1) is 10.6 Å². The molecular formula is C31H39N3O4S. The molecule has 0 aliphatic heterocycles. The molecule has 0 fully saturated rings. The molecule has 0 aliphatic carbocycles. The van der Waals surface area contributed by atoms with Gasteiger partial charge in [-0.1, -0.05) is 80.1 Å². The average molecular weight is 550 g/mol. The lowest BCUT2D eigenvalue weighted by Gasteiger charge is -2.33. The summed E-state index contributed by atoms with van der Waals surface area (Å²) in [7, 11) is -4.07. The highest BCUT2D eigenvalue weighted by Gasteiger charge is 2.33. The molecule has 0 spiro atoms. The molecule has 0 radical (unpaired) electrons. The number of anilines is 1. The van der Waals surface area contributed by atoms with Crippen molar-refractivity contribution < 1.29 is 18.0 Å². The molecule has 3 aromatic rings. The number of benzene rings is 3. The summed E-state index contributed by atoms with van der Waals surface area (Å²) in [6.45, 7) is 7.90. The maximum Gasteiger partial charge on any atom is 0.264 e. The molecule has 1 atom stereocenters. The molecule has 0 heterocycles. The number of sulfonamides is 1. The highest BCUT2D eigenvalue weighted by molar-refractivity contribution is 7.92. The fourth-order valence-electron chi connectivity index (χ4n) is 4.46. The summed E-state index contributed by atoms with van der Waals surface area (Å²) in [5, 5.41) is 2.91. The molecule has 39 heavy (non-hydrogen) atoms. The number of nitrogens with one attached hydrogen (secondary N) is 1. The van der Waals surface area contributed by atoms with Crippen molar-refractivity contribution in [1.29, 1.82) is 0 Å². The Morgan fingerprint density at radius 1 is 0.872 bits per heavy atom. The zero-order chi connectivity index (χ0) is 28.4. The summed E-state index contributed by atoms with van der Waals surface area (Å²) in [5.41, 5.74) is 3.12. The van der Waals surface area contributed by atoms with Gasteiger partial charge in [0.25, 0.3) is 10.0 Å². The molecule has 208 valence electrons. The molecule has 0 aromatic heterocycles. The van der Waals surface area contributed by atoms with Crippen LogP contribution in [-0.4, -0.2) is 50.8 Å². The third-order valence-corrected chi connectivity index (χ3v) is 8.47. The summed E-state index contributed by atoms with van der Waals surface area (Å²) in [6, 6.07) is 22.7. The summed E-state index contributed by atoms with van der Waals surface area (Å²) in [5.74, 6) is -0.659. The van der Waals surface area contributed by atoms with Gasteiger partial charge < -0.3 is 10.2 Å². The predicted octanol–water partition coefficient (Wildman–Crippen LogP) is 4.87. The fraction of sp³-hybridized carbons (Fsp3) is 0.355. The number of carbonyl (C=O) groups excluding carboxylic acids is 2. The second kappa shape index (κ2) is 13.9. The highest BCUT2D eigenvalue weighted by Crippen LogP contribution is 2.27.